The predicted octanol–water partition coefficient (Wildman–Crippen LogP) is 3.51. The lowest BCUT2D eigenvalue weighted by atomic mass is 10.2. The van der Waals surface area contributed by atoms with Crippen LogP contribution in [-0.2, 0) is 11.3 Å². The van der Waals surface area contributed by atoms with Crippen LogP contribution in [0.15, 0.2) is 22.7 Å². The summed E-state index contributed by atoms with van der Waals surface area (Å²) in [5, 5.41) is 3.41. The Hall–Kier alpha value is -0.580. The minimum Gasteiger partial charge on any atom is -0.489 e. The zero-order chi connectivity index (χ0) is 13.5. The molecular weight excluding hydrogens is 306 g/mol. The van der Waals surface area contributed by atoms with Crippen LogP contribution in [0.1, 0.15) is 31.7 Å². The highest BCUT2D eigenvalue weighted by molar-refractivity contribution is 9.10. The van der Waals surface area contributed by atoms with Gasteiger partial charge in [0.15, 0.2) is 0 Å². The van der Waals surface area contributed by atoms with Crippen LogP contribution in [0.2, 0.25) is 0 Å². The van der Waals surface area contributed by atoms with E-state index in [-0.39, 0.29) is 6.10 Å². The Morgan fingerprint density at radius 3 is 3.11 bits per heavy atom. The Kier molecular flexibility index (Phi) is 6.14. The summed E-state index contributed by atoms with van der Waals surface area (Å²) < 4.78 is 12.6. The summed E-state index contributed by atoms with van der Waals surface area (Å²) in [6.45, 7) is 5.55. The van der Waals surface area contributed by atoms with Gasteiger partial charge in [-0.1, -0.05) is 19.1 Å². The third-order valence-corrected chi connectivity index (χ3v) is 3.85. The second kappa shape index (κ2) is 7.88. The molecular formula is C15H22BrNO2. The molecule has 0 bridgehead atoms. The maximum Gasteiger partial charge on any atom is 0.138 e. The van der Waals surface area contributed by atoms with Crippen molar-refractivity contribution in [2.75, 3.05) is 19.8 Å². The molecule has 0 spiro atoms. The zero-order valence-corrected chi connectivity index (χ0v) is 13.0. The maximum absolute atomic E-state index is 5.97. The van der Waals surface area contributed by atoms with Crippen molar-refractivity contribution in [1.82, 2.24) is 5.32 Å². The van der Waals surface area contributed by atoms with E-state index in [1.54, 1.807) is 0 Å². The first-order valence-corrected chi connectivity index (χ1v) is 7.83. The van der Waals surface area contributed by atoms with E-state index in [0.717, 1.165) is 49.2 Å². The lowest BCUT2D eigenvalue weighted by molar-refractivity contribution is 0.0673. The van der Waals surface area contributed by atoms with Gasteiger partial charge in [-0.2, -0.15) is 0 Å². The smallest absolute Gasteiger partial charge is 0.138 e. The lowest BCUT2D eigenvalue weighted by Gasteiger charge is -2.16. The molecule has 1 N–H and O–H groups in total. The summed E-state index contributed by atoms with van der Waals surface area (Å²) in [6, 6.07) is 6.18. The molecule has 0 saturated carbocycles. The highest BCUT2D eigenvalue weighted by atomic mass is 79.9. The zero-order valence-electron chi connectivity index (χ0n) is 11.5. The van der Waals surface area contributed by atoms with E-state index < -0.39 is 0 Å². The fourth-order valence-electron chi connectivity index (χ4n) is 2.21. The minimum absolute atomic E-state index is 0.253. The van der Waals surface area contributed by atoms with Crippen LogP contribution in [0.25, 0.3) is 0 Å². The monoisotopic (exact) mass is 327 g/mol. The molecule has 1 unspecified atom stereocenters. The van der Waals surface area contributed by atoms with Crippen molar-refractivity contribution in [2.24, 2.45) is 0 Å². The second-order valence-electron chi connectivity index (χ2n) is 4.85. The van der Waals surface area contributed by atoms with Crippen molar-refractivity contribution in [2.45, 2.75) is 38.8 Å². The summed E-state index contributed by atoms with van der Waals surface area (Å²) in [4.78, 5) is 0. The Morgan fingerprint density at radius 1 is 1.47 bits per heavy atom. The highest BCUT2D eigenvalue weighted by Gasteiger charge is 2.17. The number of hydrogen-bond acceptors (Lipinski definition) is 3. The van der Waals surface area contributed by atoms with Crippen LogP contribution >= 0.6 is 15.9 Å². The topological polar surface area (TPSA) is 30.5 Å². The largest absolute Gasteiger partial charge is 0.489 e. The van der Waals surface area contributed by atoms with Gasteiger partial charge in [-0.05, 0) is 47.8 Å². The van der Waals surface area contributed by atoms with E-state index in [1.807, 2.05) is 12.1 Å². The van der Waals surface area contributed by atoms with Gasteiger partial charge < -0.3 is 14.8 Å². The van der Waals surface area contributed by atoms with E-state index in [9.17, 15) is 0 Å². The third kappa shape index (κ3) is 4.48. The van der Waals surface area contributed by atoms with Gasteiger partial charge in [0.25, 0.3) is 0 Å². The van der Waals surface area contributed by atoms with Gasteiger partial charge >= 0.3 is 0 Å². The molecule has 1 aliphatic rings. The number of benzene rings is 1. The number of ether oxygens (including phenoxy) is 2. The third-order valence-electron chi connectivity index (χ3n) is 3.23. The van der Waals surface area contributed by atoms with Crippen LogP contribution in [-0.4, -0.2) is 25.9 Å². The Morgan fingerprint density at radius 2 is 2.37 bits per heavy atom. The number of para-hydroxylation sites is 1. The van der Waals surface area contributed by atoms with E-state index in [4.69, 9.17) is 9.47 Å². The van der Waals surface area contributed by atoms with E-state index in [1.165, 1.54) is 5.56 Å². The summed E-state index contributed by atoms with van der Waals surface area (Å²) in [6.07, 6.45) is 3.65. The summed E-state index contributed by atoms with van der Waals surface area (Å²) in [7, 11) is 0. The molecule has 1 aromatic rings. The molecule has 1 saturated heterocycles. The maximum atomic E-state index is 5.97. The second-order valence-corrected chi connectivity index (χ2v) is 5.71. The van der Waals surface area contributed by atoms with Crippen molar-refractivity contribution in [3.63, 3.8) is 0 Å². The van der Waals surface area contributed by atoms with Crippen molar-refractivity contribution < 1.29 is 9.47 Å². The lowest BCUT2D eigenvalue weighted by Crippen LogP contribution is -2.19. The van der Waals surface area contributed by atoms with Gasteiger partial charge in [0, 0.05) is 18.7 Å². The molecule has 19 heavy (non-hydrogen) atoms. The molecule has 1 heterocycles. The average Bonchev–Trinajstić information content (AvgIpc) is 2.91. The minimum atomic E-state index is 0.253. The van der Waals surface area contributed by atoms with Gasteiger partial charge in [-0.15, -0.1) is 0 Å². The molecule has 2 rings (SSSR count). The molecule has 1 atom stereocenters. The van der Waals surface area contributed by atoms with Crippen LogP contribution in [0.5, 0.6) is 5.75 Å². The van der Waals surface area contributed by atoms with Gasteiger partial charge in [0.2, 0.25) is 0 Å². The molecule has 0 aromatic heterocycles. The molecule has 4 heteroatoms. The molecule has 0 aliphatic carbocycles. The molecule has 0 amide bonds. The summed E-state index contributed by atoms with van der Waals surface area (Å²) in [5.74, 6) is 0.946. The van der Waals surface area contributed by atoms with Crippen LogP contribution in [0.3, 0.4) is 0 Å². The quantitative estimate of drug-likeness (QED) is 0.777. The van der Waals surface area contributed by atoms with Crippen molar-refractivity contribution in [3.8, 4) is 5.75 Å². The summed E-state index contributed by atoms with van der Waals surface area (Å²) in [5.41, 5.74) is 1.20. The number of hydrogen-bond donors (Lipinski definition) is 1. The number of halogens is 1. The number of rotatable bonds is 7. The first kappa shape index (κ1) is 14.8. The van der Waals surface area contributed by atoms with Gasteiger partial charge in [0.1, 0.15) is 12.4 Å². The van der Waals surface area contributed by atoms with Crippen molar-refractivity contribution >= 4 is 15.9 Å². The highest BCUT2D eigenvalue weighted by Crippen LogP contribution is 2.29. The SMILES string of the molecule is CCCNCc1cccc(Br)c1OCC1CCCO1. The normalized spacial score (nSPS) is 18.7. The van der Waals surface area contributed by atoms with Crippen LogP contribution in [0, 0.1) is 0 Å². The van der Waals surface area contributed by atoms with E-state index in [0.29, 0.717) is 6.61 Å². The molecule has 1 aromatic carbocycles. The molecule has 0 radical (unpaired) electrons. The number of nitrogens with one attached hydrogen (secondary N) is 1. The van der Waals surface area contributed by atoms with Gasteiger partial charge in [-0.25, -0.2) is 0 Å². The van der Waals surface area contributed by atoms with E-state index in [2.05, 4.69) is 34.2 Å². The van der Waals surface area contributed by atoms with Gasteiger partial charge in [0.05, 0.1) is 10.6 Å². The Labute approximate surface area is 123 Å². The fraction of sp³-hybridized carbons (Fsp3) is 0.600. The predicted molar refractivity (Wildman–Crippen MR) is 80.6 cm³/mol. The molecule has 3 nitrogen and oxygen atoms in total. The summed E-state index contributed by atoms with van der Waals surface area (Å²) >= 11 is 3.57. The molecule has 106 valence electrons. The average molecular weight is 328 g/mol. The van der Waals surface area contributed by atoms with Crippen molar-refractivity contribution in [1.29, 1.82) is 0 Å². The van der Waals surface area contributed by atoms with Crippen molar-refractivity contribution in [3.05, 3.63) is 28.2 Å². The Bertz CT molecular complexity index is 392. The first-order valence-electron chi connectivity index (χ1n) is 7.03. The first-order chi connectivity index (χ1) is 9.31. The van der Waals surface area contributed by atoms with Crippen LogP contribution in [0.4, 0.5) is 0 Å². The fourth-order valence-corrected chi connectivity index (χ4v) is 2.73. The Balaban J connectivity index is 1.95. The molecule has 1 fully saturated rings. The molecule has 1 aliphatic heterocycles. The van der Waals surface area contributed by atoms with E-state index >= 15 is 0 Å². The standard InChI is InChI=1S/C15H22BrNO2/c1-2-8-17-10-12-5-3-7-14(16)15(12)19-11-13-6-4-9-18-13/h3,5,7,13,17H,2,4,6,8-11H2,1H3. The van der Waals surface area contributed by atoms with Crippen LogP contribution < -0.4 is 10.1 Å². The van der Waals surface area contributed by atoms with Gasteiger partial charge in [-0.3, -0.25) is 0 Å².